The van der Waals surface area contributed by atoms with Crippen LogP contribution in [0.3, 0.4) is 0 Å². The van der Waals surface area contributed by atoms with Gasteiger partial charge in [-0.2, -0.15) is 4.98 Å². The number of aromatic nitrogens is 2. The van der Waals surface area contributed by atoms with Gasteiger partial charge in [-0.3, -0.25) is 4.42 Å². The van der Waals surface area contributed by atoms with E-state index in [0.29, 0.717) is 25.2 Å². The highest BCUT2D eigenvalue weighted by Gasteiger charge is 2.43. The van der Waals surface area contributed by atoms with Crippen molar-refractivity contribution in [2.45, 2.75) is 18.9 Å². The summed E-state index contributed by atoms with van der Waals surface area (Å²) in [5.41, 5.74) is 2.12. The Morgan fingerprint density at radius 3 is 3.04 bits per heavy atom. The van der Waals surface area contributed by atoms with E-state index in [9.17, 15) is 0 Å². The van der Waals surface area contributed by atoms with E-state index in [-0.39, 0.29) is 6.10 Å². The van der Waals surface area contributed by atoms with Gasteiger partial charge in [0.2, 0.25) is 5.82 Å². The first-order valence-corrected chi connectivity index (χ1v) is 9.22. The second-order valence-electron chi connectivity index (χ2n) is 6.74. The number of para-hydroxylation sites is 1. The molecule has 9 nitrogen and oxygen atoms in total. The van der Waals surface area contributed by atoms with E-state index in [1.165, 1.54) is 0 Å². The molecule has 4 aliphatic heterocycles. The zero-order valence-electron chi connectivity index (χ0n) is 14.3. The molecule has 0 amide bonds. The van der Waals surface area contributed by atoms with Gasteiger partial charge in [-0.15, -0.1) is 0 Å². The maximum atomic E-state index is 6.29. The maximum absolute atomic E-state index is 6.29. The standard InChI is InChI=1S/C17H16ClN7O2/c18-22-8-14-23(10-22)12-5-2-1-4-11(12)16-19-9-24(25(14)16)17-20-15(21-27-17)13-6-3-7-26-13/h1-2,4-5,8,13H,3,6-7,9-10H2. The largest absolute Gasteiger partial charge is 0.370 e. The van der Waals surface area contributed by atoms with Crippen LogP contribution >= 0.6 is 11.8 Å². The average molecular weight is 386 g/mol. The number of ether oxygens (including phenoxy) is 1. The molecule has 0 aliphatic carbocycles. The average Bonchev–Trinajstić information content (AvgIpc) is 3.44. The van der Waals surface area contributed by atoms with Crippen LogP contribution in [0.1, 0.15) is 30.3 Å². The molecule has 1 aromatic carbocycles. The van der Waals surface area contributed by atoms with Crippen LogP contribution in [0.15, 0.2) is 45.8 Å². The summed E-state index contributed by atoms with van der Waals surface area (Å²) in [5.74, 6) is 2.33. The molecule has 0 N–H and O–H groups in total. The van der Waals surface area contributed by atoms with Gasteiger partial charge < -0.3 is 14.2 Å². The van der Waals surface area contributed by atoms with E-state index < -0.39 is 0 Å². The predicted octanol–water partition coefficient (Wildman–Crippen LogP) is 2.41. The molecule has 10 heteroatoms. The number of amidine groups is 1. The molecule has 5 heterocycles. The molecule has 1 saturated heterocycles. The first kappa shape index (κ1) is 15.3. The van der Waals surface area contributed by atoms with Crippen LogP contribution in [0.25, 0.3) is 0 Å². The Bertz CT molecular complexity index is 968. The molecule has 1 unspecified atom stereocenters. The van der Waals surface area contributed by atoms with Crippen molar-refractivity contribution in [2.75, 3.05) is 29.9 Å². The third-order valence-electron chi connectivity index (χ3n) is 5.13. The summed E-state index contributed by atoms with van der Waals surface area (Å²) in [6.07, 6.45) is 3.72. The van der Waals surface area contributed by atoms with Gasteiger partial charge >= 0.3 is 6.01 Å². The number of aliphatic imine (C=N–C) groups is 1. The monoisotopic (exact) mass is 385 g/mol. The smallest absolute Gasteiger partial charge is 0.345 e. The van der Waals surface area contributed by atoms with Gasteiger partial charge in [-0.25, -0.2) is 15.0 Å². The molecule has 2 aromatic rings. The van der Waals surface area contributed by atoms with E-state index in [2.05, 4.69) is 27.2 Å². The Labute approximate surface area is 160 Å². The number of halogens is 1. The molecule has 0 saturated carbocycles. The molecule has 0 bridgehead atoms. The molecule has 4 aliphatic rings. The van der Waals surface area contributed by atoms with Crippen LogP contribution in [0, 0.1) is 0 Å². The van der Waals surface area contributed by atoms with Crippen LogP contribution in [0.2, 0.25) is 0 Å². The van der Waals surface area contributed by atoms with Crippen LogP contribution in [0.4, 0.5) is 11.7 Å². The number of anilines is 2. The summed E-state index contributed by atoms with van der Waals surface area (Å²) in [6.45, 7) is 1.68. The van der Waals surface area contributed by atoms with Gasteiger partial charge in [0.25, 0.3) is 0 Å². The summed E-state index contributed by atoms with van der Waals surface area (Å²) >= 11 is 6.29. The summed E-state index contributed by atoms with van der Waals surface area (Å²) in [5, 5.41) is 7.98. The van der Waals surface area contributed by atoms with Gasteiger partial charge in [-0.1, -0.05) is 17.3 Å². The van der Waals surface area contributed by atoms with E-state index in [4.69, 9.17) is 26.0 Å². The van der Waals surface area contributed by atoms with E-state index in [1.54, 1.807) is 4.42 Å². The fourth-order valence-corrected chi connectivity index (χ4v) is 4.10. The van der Waals surface area contributed by atoms with Gasteiger partial charge in [0, 0.05) is 23.9 Å². The summed E-state index contributed by atoms with van der Waals surface area (Å²) in [7, 11) is 0. The molecular formula is C17H16ClN7O2. The molecule has 138 valence electrons. The predicted molar refractivity (Wildman–Crippen MR) is 97.5 cm³/mol. The van der Waals surface area contributed by atoms with Crippen LogP contribution in [-0.4, -0.2) is 45.3 Å². The lowest BCUT2D eigenvalue weighted by atomic mass is 10.1. The lowest BCUT2D eigenvalue weighted by Crippen LogP contribution is -2.49. The second-order valence-corrected chi connectivity index (χ2v) is 7.18. The van der Waals surface area contributed by atoms with Crippen molar-refractivity contribution in [3.63, 3.8) is 0 Å². The maximum Gasteiger partial charge on any atom is 0.345 e. The Morgan fingerprint density at radius 1 is 1.22 bits per heavy atom. The minimum absolute atomic E-state index is 0.0897. The van der Waals surface area contributed by atoms with Crippen LogP contribution in [0.5, 0.6) is 0 Å². The Morgan fingerprint density at radius 2 is 2.15 bits per heavy atom. The highest BCUT2D eigenvalue weighted by Crippen LogP contribution is 2.41. The van der Waals surface area contributed by atoms with Gasteiger partial charge in [0.1, 0.15) is 19.4 Å². The molecule has 1 fully saturated rings. The normalized spacial score (nSPS) is 23.4. The van der Waals surface area contributed by atoms with Crippen LogP contribution in [-0.2, 0) is 4.74 Å². The van der Waals surface area contributed by atoms with Crippen molar-refractivity contribution >= 4 is 29.3 Å². The highest BCUT2D eigenvalue weighted by atomic mass is 35.5. The number of hydrogen-bond acceptors (Lipinski definition) is 9. The number of hydrazine groups is 1. The van der Waals surface area contributed by atoms with E-state index in [0.717, 1.165) is 42.4 Å². The summed E-state index contributed by atoms with van der Waals surface area (Å²) < 4.78 is 12.8. The Balaban J connectivity index is 1.40. The van der Waals surface area contributed by atoms with Crippen LogP contribution < -0.4 is 9.91 Å². The van der Waals surface area contributed by atoms with Crippen molar-refractivity contribution in [2.24, 2.45) is 4.99 Å². The Hall–Kier alpha value is -2.78. The molecule has 6 rings (SSSR count). The topological polar surface area (TPSA) is 73.5 Å². The molecule has 1 atom stereocenters. The molecule has 27 heavy (non-hydrogen) atoms. The second kappa shape index (κ2) is 5.61. The Kier molecular flexibility index (Phi) is 3.18. The highest BCUT2D eigenvalue weighted by molar-refractivity contribution is 6.15. The van der Waals surface area contributed by atoms with Crippen molar-refractivity contribution in [3.05, 3.63) is 47.7 Å². The minimum atomic E-state index is -0.0897. The zero-order chi connectivity index (χ0) is 18.0. The number of benzene rings is 1. The van der Waals surface area contributed by atoms with Crippen molar-refractivity contribution in [1.29, 1.82) is 0 Å². The fraction of sp³-hybridized carbons (Fsp3) is 0.353. The SMILES string of the molecule is ClN1C=C2N(C1)c1ccccc1C1=NCN(c3nc(C4CCCO4)no3)N21. The van der Waals surface area contributed by atoms with Crippen molar-refractivity contribution in [1.82, 2.24) is 19.6 Å². The summed E-state index contributed by atoms with van der Waals surface area (Å²) in [4.78, 5) is 11.4. The van der Waals surface area contributed by atoms with Crippen molar-refractivity contribution < 1.29 is 9.26 Å². The van der Waals surface area contributed by atoms with E-state index in [1.807, 2.05) is 28.4 Å². The molecule has 0 spiro atoms. The third-order valence-corrected chi connectivity index (χ3v) is 5.33. The number of fused-ring (bicyclic) bond motifs is 6. The quantitative estimate of drug-likeness (QED) is 0.730. The zero-order valence-corrected chi connectivity index (χ0v) is 15.1. The van der Waals surface area contributed by atoms with E-state index >= 15 is 0 Å². The first-order chi connectivity index (χ1) is 13.3. The minimum Gasteiger partial charge on any atom is -0.370 e. The number of nitrogens with zero attached hydrogens (tertiary/aromatic N) is 7. The number of hydrogen-bond donors (Lipinski definition) is 0. The molecule has 1 aromatic heterocycles. The lowest BCUT2D eigenvalue weighted by Gasteiger charge is -2.38. The third kappa shape index (κ3) is 2.18. The summed E-state index contributed by atoms with van der Waals surface area (Å²) in [6, 6.07) is 8.55. The fourth-order valence-electron chi connectivity index (χ4n) is 3.91. The number of rotatable bonds is 2. The first-order valence-electron chi connectivity index (χ1n) is 8.88. The van der Waals surface area contributed by atoms with Gasteiger partial charge in [0.05, 0.1) is 11.9 Å². The van der Waals surface area contributed by atoms with Gasteiger partial charge in [0.15, 0.2) is 11.7 Å². The van der Waals surface area contributed by atoms with Crippen molar-refractivity contribution in [3.8, 4) is 0 Å². The lowest BCUT2D eigenvalue weighted by molar-refractivity contribution is 0.103. The molecular weight excluding hydrogens is 370 g/mol. The van der Waals surface area contributed by atoms with Gasteiger partial charge in [-0.05, 0) is 25.0 Å². The molecule has 0 radical (unpaired) electrons.